The first-order valence-electron chi connectivity index (χ1n) is 7.22. The van der Waals surface area contributed by atoms with E-state index in [4.69, 9.17) is 0 Å². The molecule has 0 spiro atoms. The fourth-order valence-corrected chi connectivity index (χ4v) is 2.39. The SMILES string of the molecule is N#CC(=CC1CC1)c1cc(-c2cnc3[nH]ccc3n2)ccn1. The molecule has 3 aromatic rings. The summed E-state index contributed by atoms with van der Waals surface area (Å²) >= 11 is 0. The van der Waals surface area contributed by atoms with Crippen LogP contribution < -0.4 is 0 Å². The lowest BCUT2D eigenvalue weighted by atomic mass is 10.1. The van der Waals surface area contributed by atoms with Crippen molar-refractivity contribution in [3.05, 3.63) is 48.6 Å². The van der Waals surface area contributed by atoms with Crippen LogP contribution in [-0.2, 0) is 0 Å². The molecule has 0 unspecified atom stereocenters. The van der Waals surface area contributed by atoms with Crippen LogP contribution in [0.5, 0.6) is 0 Å². The van der Waals surface area contributed by atoms with Gasteiger partial charge in [0, 0.05) is 18.0 Å². The van der Waals surface area contributed by atoms with Gasteiger partial charge in [-0.15, -0.1) is 0 Å². The summed E-state index contributed by atoms with van der Waals surface area (Å²) in [5.41, 5.74) is 4.62. The van der Waals surface area contributed by atoms with Gasteiger partial charge < -0.3 is 4.98 Å². The van der Waals surface area contributed by atoms with E-state index in [0.717, 1.165) is 22.4 Å². The van der Waals surface area contributed by atoms with Crippen LogP contribution in [0.25, 0.3) is 28.0 Å². The number of nitrogens with zero attached hydrogens (tertiary/aromatic N) is 4. The number of allylic oxidation sites excluding steroid dienone is 2. The maximum absolute atomic E-state index is 9.34. The highest BCUT2D eigenvalue weighted by atomic mass is 14.9. The van der Waals surface area contributed by atoms with Crippen molar-refractivity contribution in [3.63, 3.8) is 0 Å². The van der Waals surface area contributed by atoms with Crippen LogP contribution in [0.2, 0.25) is 0 Å². The lowest BCUT2D eigenvalue weighted by Crippen LogP contribution is -1.92. The van der Waals surface area contributed by atoms with Crippen molar-refractivity contribution in [3.8, 4) is 17.3 Å². The molecule has 22 heavy (non-hydrogen) atoms. The Morgan fingerprint density at radius 2 is 2.23 bits per heavy atom. The molecule has 0 amide bonds. The number of aromatic nitrogens is 4. The van der Waals surface area contributed by atoms with Crippen LogP contribution in [0.15, 0.2) is 42.9 Å². The third kappa shape index (κ3) is 2.35. The molecule has 3 heterocycles. The van der Waals surface area contributed by atoms with E-state index < -0.39 is 0 Å². The minimum absolute atomic E-state index is 0.538. The molecule has 106 valence electrons. The Morgan fingerprint density at radius 1 is 1.32 bits per heavy atom. The highest BCUT2D eigenvalue weighted by Crippen LogP contribution is 2.33. The van der Waals surface area contributed by atoms with Crippen LogP contribution in [0.1, 0.15) is 18.5 Å². The standard InChI is InChI=1S/C17H13N5/c18-9-13(7-11-1-2-11)15-8-12(3-5-19-15)16-10-21-17-14(22-16)4-6-20-17/h3-8,10-11H,1-2H2,(H,20,21). The second-order valence-corrected chi connectivity index (χ2v) is 5.43. The third-order valence-electron chi connectivity index (χ3n) is 3.74. The summed E-state index contributed by atoms with van der Waals surface area (Å²) in [6.45, 7) is 0. The summed E-state index contributed by atoms with van der Waals surface area (Å²) in [6, 6.07) is 7.93. The smallest absolute Gasteiger partial charge is 0.156 e. The first-order valence-corrected chi connectivity index (χ1v) is 7.22. The van der Waals surface area contributed by atoms with Crippen LogP contribution in [0, 0.1) is 17.2 Å². The fraction of sp³-hybridized carbons (Fsp3) is 0.176. The number of nitriles is 1. The number of aromatic amines is 1. The Bertz CT molecular complexity index is 912. The molecule has 4 rings (SSSR count). The van der Waals surface area contributed by atoms with E-state index in [1.54, 1.807) is 12.4 Å². The maximum atomic E-state index is 9.34. The van der Waals surface area contributed by atoms with Gasteiger partial charge in [-0.25, -0.2) is 9.97 Å². The highest BCUT2D eigenvalue weighted by Gasteiger charge is 2.20. The van der Waals surface area contributed by atoms with Gasteiger partial charge in [0.15, 0.2) is 5.65 Å². The Morgan fingerprint density at radius 3 is 3.05 bits per heavy atom. The zero-order valence-corrected chi connectivity index (χ0v) is 11.8. The Kier molecular flexibility index (Phi) is 2.94. The molecule has 0 atom stereocenters. The monoisotopic (exact) mass is 287 g/mol. The molecule has 5 nitrogen and oxygen atoms in total. The predicted octanol–water partition coefficient (Wildman–Crippen LogP) is 3.34. The molecule has 1 fully saturated rings. The predicted molar refractivity (Wildman–Crippen MR) is 83.4 cm³/mol. The molecule has 0 radical (unpaired) electrons. The zero-order valence-electron chi connectivity index (χ0n) is 11.8. The number of hydrogen-bond donors (Lipinski definition) is 1. The lowest BCUT2D eigenvalue weighted by molar-refractivity contribution is 1.12. The third-order valence-corrected chi connectivity index (χ3v) is 3.74. The van der Waals surface area contributed by atoms with E-state index in [-0.39, 0.29) is 0 Å². The molecule has 0 saturated heterocycles. The van der Waals surface area contributed by atoms with E-state index in [1.165, 1.54) is 12.8 Å². The number of pyridine rings is 1. The van der Waals surface area contributed by atoms with Crippen LogP contribution in [0.3, 0.4) is 0 Å². The molecule has 1 aliphatic rings. The second kappa shape index (κ2) is 5.08. The number of hydrogen-bond acceptors (Lipinski definition) is 4. The minimum atomic E-state index is 0.538. The molecule has 0 aliphatic heterocycles. The van der Waals surface area contributed by atoms with Crippen molar-refractivity contribution in [1.29, 1.82) is 5.26 Å². The van der Waals surface area contributed by atoms with Crippen molar-refractivity contribution in [1.82, 2.24) is 19.9 Å². The number of H-pyrrole nitrogens is 1. The molecule has 5 heteroatoms. The largest absolute Gasteiger partial charge is 0.345 e. The van der Waals surface area contributed by atoms with Crippen LogP contribution >= 0.6 is 0 Å². The van der Waals surface area contributed by atoms with Gasteiger partial charge in [0.1, 0.15) is 11.6 Å². The second-order valence-electron chi connectivity index (χ2n) is 5.43. The van der Waals surface area contributed by atoms with Crippen molar-refractivity contribution >= 4 is 16.7 Å². The van der Waals surface area contributed by atoms with Gasteiger partial charge >= 0.3 is 0 Å². The summed E-state index contributed by atoms with van der Waals surface area (Å²) in [5, 5.41) is 9.34. The van der Waals surface area contributed by atoms with Crippen molar-refractivity contribution in [2.75, 3.05) is 0 Å². The number of fused-ring (bicyclic) bond motifs is 1. The number of rotatable bonds is 3. The average molecular weight is 287 g/mol. The first-order chi connectivity index (χ1) is 10.8. The Hall–Kier alpha value is -3.00. The molecular weight excluding hydrogens is 274 g/mol. The van der Waals surface area contributed by atoms with E-state index in [0.29, 0.717) is 17.2 Å². The maximum Gasteiger partial charge on any atom is 0.156 e. The van der Waals surface area contributed by atoms with E-state index in [9.17, 15) is 5.26 Å². The number of nitrogens with one attached hydrogen (secondary N) is 1. The van der Waals surface area contributed by atoms with Crippen LogP contribution in [0.4, 0.5) is 0 Å². The molecule has 1 aliphatic carbocycles. The summed E-state index contributed by atoms with van der Waals surface area (Å²) in [4.78, 5) is 16.3. The topological polar surface area (TPSA) is 78.2 Å². The van der Waals surface area contributed by atoms with E-state index in [1.807, 2.05) is 30.5 Å². The molecule has 1 N–H and O–H groups in total. The van der Waals surface area contributed by atoms with Gasteiger partial charge in [0.25, 0.3) is 0 Å². The summed E-state index contributed by atoms with van der Waals surface area (Å²) in [5.74, 6) is 0.538. The van der Waals surface area contributed by atoms with E-state index >= 15 is 0 Å². The highest BCUT2D eigenvalue weighted by molar-refractivity contribution is 5.78. The van der Waals surface area contributed by atoms with Crippen molar-refractivity contribution in [2.45, 2.75) is 12.8 Å². The average Bonchev–Trinajstić information content (AvgIpc) is 3.26. The molecule has 0 bridgehead atoms. The summed E-state index contributed by atoms with van der Waals surface area (Å²) in [7, 11) is 0. The lowest BCUT2D eigenvalue weighted by Gasteiger charge is -2.03. The summed E-state index contributed by atoms with van der Waals surface area (Å²) < 4.78 is 0. The van der Waals surface area contributed by atoms with E-state index in [2.05, 4.69) is 26.0 Å². The Labute approximate surface area is 127 Å². The van der Waals surface area contributed by atoms with Gasteiger partial charge in [0.05, 0.1) is 23.2 Å². The van der Waals surface area contributed by atoms with Crippen LogP contribution in [-0.4, -0.2) is 19.9 Å². The fourth-order valence-electron chi connectivity index (χ4n) is 2.39. The summed E-state index contributed by atoms with van der Waals surface area (Å²) in [6.07, 6.45) is 9.62. The quantitative estimate of drug-likeness (QED) is 0.749. The van der Waals surface area contributed by atoms with Crippen molar-refractivity contribution in [2.24, 2.45) is 5.92 Å². The molecule has 3 aromatic heterocycles. The van der Waals surface area contributed by atoms with Gasteiger partial charge in [0.2, 0.25) is 0 Å². The van der Waals surface area contributed by atoms with Gasteiger partial charge in [-0.1, -0.05) is 6.08 Å². The molecule has 1 saturated carbocycles. The van der Waals surface area contributed by atoms with Gasteiger partial charge in [-0.3, -0.25) is 4.98 Å². The van der Waals surface area contributed by atoms with Gasteiger partial charge in [-0.05, 0) is 37.0 Å². The Balaban J connectivity index is 1.76. The molecule has 0 aromatic carbocycles. The first kappa shape index (κ1) is 12.7. The molecular formula is C17H13N5. The van der Waals surface area contributed by atoms with Gasteiger partial charge in [-0.2, -0.15) is 5.26 Å². The minimum Gasteiger partial charge on any atom is -0.345 e. The van der Waals surface area contributed by atoms with Crippen molar-refractivity contribution < 1.29 is 0 Å². The normalized spacial score (nSPS) is 15.0. The zero-order chi connectivity index (χ0) is 14.9.